The Morgan fingerprint density at radius 3 is 2.94 bits per heavy atom. The molecule has 92 valence electrons. The third-order valence-electron chi connectivity index (χ3n) is 2.46. The fourth-order valence-electron chi connectivity index (χ4n) is 1.59. The molecule has 2 rings (SSSR count). The summed E-state index contributed by atoms with van der Waals surface area (Å²) in [6, 6.07) is 5.71. The van der Waals surface area contributed by atoms with E-state index in [0.29, 0.717) is 12.1 Å². The van der Waals surface area contributed by atoms with Gasteiger partial charge in [-0.1, -0.05) is 18.2 Å². The first-order chi connectivity index (χ1) is 8.72. The number of carbonyl (C=O) groups is 1. The zero-order valence-corrected chi connectivity index (χ0v) is 9.55. The van der Waals surface area contributed by atoms with E-state index in [1.54, 1.807) is 12.3 Å². The summed E-state index contributed by atoms with van der Waals surface area (Å²) < 4.78 is 0. The van der Waals surface area contributed by atoms with Crippen molar-refractivity contribution >= 4 is 23.0 Å². The molecule has 6 heteroatoms. The van der Waals surface area contributed by atoms with Crippen LogP contribution in [0.3, 0.4) is 0 Å². The average Bonchev–Trinajstić information content (AvgIpc) is 2.84. The van der Waals surface area contributed by atoms with Crippen molar-refractivity contribution in [3.63, 3.8) is 0 Å². The predicted molar refractivity (Wildman–Crippen MR) is 69.7 cm³/mol. The van der Waals surface area contributed by atoms with E-state index in [4.69, 9.17) is 11.5 Å². The van der Waals surface area contributed by atoms with Gasteiger partial charge in [-0.25, -0.2) is 0 Å². The number of hydrogen-bond donors (Lipinski definition) is 4. The van der Waals surface area contributed by atoms with Crippen LogP contribution in [0.15, 0.2) is 42.4 Å². The van der Waals surface area contributed by atoms with Gasteiger partial charge in [0.15, 0.2) is 0 Å². The summed E-state index contributed by atoms with van der Waals surface area (Å²) in [5.41, 5.74) is 13.7. The molecule has 0 unspecified atom stereocenters. The van der Waals surface area contributed by atoms with Gasteiger partial charge in [0.25, 0.3) is 0 Å². The molecule has 2 aromatic rings. The summed E-state index contributed by atoms with van der Waals surface area (Å²) in [7, 11) is 0. The number of allylic oxidation sites excluding steroid dienone is 2. The van der Waals surface area contributed by atoms with Crippen LogP contribution in [-0.4, -0.2) is 16.6 Å². The van der Waals surface area contributed by atoms with E-state index >= 15 is 0 Å². The van der Waals surface area contributed by atoms with Crippen LogP contribution in [0.2, 0.25) is 0 Å². The second-order valence-electron chi connectivity index (χ2n) is 3.65. The van der Waals surface area contributed by atoms with Crippen LogP contribution in [-0.2, 0) is 4.79 Å². The molecule has 18 heavy (non-hydrogen) atoms. The molecular weight excluding hydrogens is 230 g/mol. The maximum atomic E-state index is 10.2. The quantitative estimate of drug-likeness (QED) is 0.460. The van der Waals surface area contributed by atoms with Crippen LogP contribution in [0.1, 0.15) is 5.56 Å². The van der Waals surface area contributed by atoms with Gasteiger partial charge in [-0.2, -0.15) is 5.10 Å². The Kier molecular flexibility index (Phi) is 3.29. The minimum atomic E-state index is 0.227. The van der Waals surface area contributed by atoms with Gasteiger partial charge in [0, 0.05) is 16.6 Å². The van der Waals surface area contributed by atoms with Crippen molar-refractivity contribution in [1.82, 2.24) is 15.5 Å². The highest BCUT2D eigenvalue weighted by atomic mass is 16.1. The molecule has 6 N–H and O–H groups in total. The summed E-state index contributed by atoms with van der Waals surface area (Å²) in [5.74, 6) is 0.227. The lowest BCUT2D eigenvalue weighted by Gasteiger charge is -2.02. The smallest absolute Gasteiger partial charge is 0.212 e. The number of para-hydroxylation sites is 1. The van der Waals surface area contributed by atoms with Crippen LogP contribution < -0.4 is 16.8 Å². The molecule has 0 radical (unpaired) electrons. The highest BCUT2D eigenvalue weighted by Crippen LogP contribution is 2.20. The highest BCUT2D eigenvalue weighted by molar-refractivity contribution is 5.90. The maximum Gasteiger partial charge on any atom is 0.212 e. The van der Waals surface area contributed by atoms with Crippen molar-refractivity contribution in [2.45, 2.75) is 0 Å². The third-order valence-corrected chi connectivity index (χ3v) is 2.46. The third kappa shape index (κ3) is 2.32. The normalized spacial score (nSPS) is 12.7. The van der Waals surface area contributed by atoms with Crippen molar-refractivity contribution in [3.8, 4) is 0 Å². The lowest BCUT2D eigenvalue weighted by Crippen LogP contribution is -2.17. The molecule has 0 spiro atoms. The average molecular weight is 243 g/mol. The first-order valence-electron chi connectivity index (χ1n) is 5.28. The molecule has 0 aliphatic heterocycles. The number of amides is 1. The standard InChI is InChI=1S/C12H13N5O/c13-10(4-5-11(14)15-7-18)9-3-1-2-8-6-16-17-12(8)9/h1-7H,13-14H2,(H,15,18)(H,16,17)/b10-4-,11-5+. The number of benzene rings is 1. The number of nitrogens with two attached hydrogens (primary N) is 2. The Labute approximate surface area is 103 Å². The lowest BCUT2D eigenvalue weighted by atomic mass is 10.1. The predicted octanol–water partition coefficient (Wildman–Crippen LogP) is 0.409. The maximum absolute atomic E-state index is 10.2. The Hall–Kier alpha value is -2.76. The zero-order chi connectivity index (χ0) is 13.0. The SMILES string of the molecule is N/C(=C\C=C(/N)NC=O)c1cccc2cn[nH]c12. The lowest BCUT2D eigenvalue weighted by molar-refractivity contribution is -0.108. The van der Waals surface area contributed by atoms with Crippen molar-refractivity contribution in [2.75, 3.05) is 0 Å². The molecule has 1 aromatic heterocycles. The summed E-state index contributed by atoms with van der Waals surface area (Å²) in [4.78, 5) is 10.2. The minimum absolute atomic E-state index is 0.227. The second-order valence-corrected chi connectivity index (χ2v) is 3.65. The van der Waals surface area contributed by atoms with E-state index < -0.39 is 0 Å². The van der Waals surface area contributed by atoms with Crippen molar-refractivity contribution in [1.29, 1.82) is 0 Å². The fraction of sp³-hybridized carbons (Fsp3) is 0. The van der Waals surface area contributed by atoms with Gasteiger partial charge >= 0.3 is 0 Å². The number of nitrogens with zero attached hydrogens (tertiary/aromatic N) is 1. The number of rotatable bonds is 4. The molecule has 0 aliphatic carbocycles. The number of nitrogens with one attached hydrogen (secondary N) is 2. The first kappa shape index (κ1) is 11.7. The van der Waals surface area contributed by atoms with Crippen LogP contribution in [0, 0.1) is 0 Å². The van der Waals surface area contributed by atoms with E-state index in [1.165, 1.54) is 6.08 Å². The minimum Gasteiger partial charge on any atom is -0.398 e. The molecule has 0 saturated heterocycles. The van der Waals surface area contributed by atoms with Gasteiger partial charge in [0.05, 0.1) is 11.7 Å². The van der Waals surface area contributed by atoms with Crippen LogP contribution in [0.4, 0.5) is 0 Å². The molecule has 1 aromatic carbocycles. The molecule has 0 aliphatic rings. The summed E-state index contributed by atoms with van der Waals surface area (Å²) in [5, 5.41) is 10.2. The number of fused-ring (bicyclic) bond motifs is 1. The van der Waals surface area contributed by atoms with Gasteiger partial charge in [0.1, 0.15) is 5.82 Å². The van der Waals surface area contributed by atoms with E-state index in [9.17, 15) is 4.79 Å². The largest absolute Gasteiger partial charge is 0.398 e. The van der Waals surface area contributed by atoms with Crippen LogP contribution >= 0.6 is 0 Å². The molecule has 0 atom stereocenters. The molecule has 6 nitrogen and oxygen atoms in total. The van der Waals surface area contributed by atoms with Gasteiger partial charge in [-0.05, 0) is 12.2 Å². The molecule has 1 heterocycles. The number of hydrogen-bond acceptors (Lipinski definition) is 4. The molecule has 0 bridgehead atoms. The Morgan fingerprint density at radius 1 is 1.33 bits per heavy atom. The van der Waals surface area contributed by atoms with E-state index in [-0.39, 0.29) is 5.82 Å². The molecular formula is C12H13N5O. The Bertz CT molecular complexity index is 626. The first-order valence-corrected chi connectivity index (χ1v) is 5.28. The van der Waals surface area contributed by atoms with Gasteiger partial charge < -0.3 is 16.8 Å². The zero-order valence-electron chi connectivity index (χ0n) is 9.55. The Morgan fingerprint density at radius 2 is 2.17 bits per heavy atom. The fourth-order valence-corrected chi connectivity index (χ4v) is 1.59. The summed E-state index contributed by atoms with van der Waals surface area (Å²) in [6.07, 6.45) is 5.39. The van der Waals surface area contributed by atoms with Crippen LogP contribution in [0.5, 0.6) is 0 Å². The second kappa shape index (κ2) is 5.05. The Balaban J connectivity index is 2.36. The molecule has 0 fully saturated rings. The topological polar surface area (TPSA) is 110 Å². The van der Waals surface area contributed by atoms with Gasteiger partial charge in [-0.15, -0.1) is 0 Å². The number of aromatic amines is 1. The monoisotopic (exact) mass is 243 g/mol. The summed E-state index contributed by atoms with van der Waals surface area (Å²) in [6.45, 7) is 0. The van der Waals surface area contributed by atoms with Crippen molar-refractivity contribution in [3.05, 3.63) is 47.9 Å². The van der Waals surface area contributed by atoms with Crippen molar-refractivity contribution in [2.24, 2.45) is 11.5 Å². The van der Waals surface area contributed by atoms with E-state index in [0.717, 1.165) is 16.5 Å². The van der Waals surface area contributed by atoms with E-state index in [2.05, 4.69) is 15.5 Å². The van der Waals surface area contributed by atoms with E-state index in [1.807, 2.05) is 18.2 Å². The van der Waals surface area contributed by atoms with Crippen molar-refractivity contribution < 1.29 is 4.79 Å². The molecule has 0 saturated carbocycles. The molecule has 1 amide bonds. The van der Waals surface area contributed by atoms with Crippen LogP contribution in [0.25, 0.3) is 16.6 Å². The van der Waals surface area contributed by atoms with Gasteiger partial charge in [0.2, 0.25) is 6.41 Å². The highest BCUT2D eigenvalue weighted by Gasteiger charge is 2.03. The van der Waals surface area contributed by atoms with Gasteiger partial charge in [-0.3, -0.25) is 9.89 Å². The number of carbonyl (C=O) groups excluding carboxylic acids is 1. The summed E-state index contributed by atoms with van der Waals surface area (Å²) >= 11 is 0. The number of H-pyrrole nitrogens is 1. The number of aromatic nitrogens is 2.